The van der Waals surface area contributed by atoms with Gasteiger partial charge in [0.15, 0.2) is 22.0 Å². The topological polar surface area (TPSA) is 115 Å². The standard InChI is InChI=1S/C14H13N3O5S/c1-8-3-11-10(4-9(8)12-5-15-6-22-12)13(18)17(14(19)16-11)7-23(2,20)21/h3-6H,7H2,1-2H3,(H,16,19). The fourth-order valence-electron chi connectivity index (χ4n) is 2.37. The fraction of sp³-hybridized carbons (Fsp3) is 0.214. The van der Waals surface area contributed by atoms with Crippen LogP contribution in [0, 0.1) is 6.92 Å². The second kappa shape index (κ2) is 5.20. The van der Waals surface area contributed by atoms with Crippen molar-refractivity contribution in [3.05, 3.63) is 51.1 Å². The molecule has 0 aliphatic carbocycles. The molecule has 0 saturated heterocycles. The van der Waals surface area contributed by atoms with Crippen LogP contribution in [-0.2, 0) is 15.7 Å². The lowest BCUT2D eigenvalue weighted by Crippen LogP contribution is -2.37. The molecule has 9 heteroatoms. The number of rotatable bonds is 3. The van der Waals surface area contributed by atoms with Gasteiger partial charge in [-0.25, -0.2) is 22.8 Å². The zero-order valence-electron chi connectivity index (χ0n) is 12.4. The van der Waals surface area contributed by atoms with Crippen LogP contribution < -0.4 is 11.2 Å². The molecule has 0 amide bonds. The molecule has 8 nitrogen and oxygen atoms in total. The molecule has 1 N–H and O–H groups in total. The number of benzene rings is 1. The smallest absolute Gasteiger partial charge is 0.329 e. The highest BCUT2D eigenvalue weighted by molar-refractivity contribution is 7.89. The van der Waals surface area contributed by atoms with Crippen LogP contribution in [0.3, 0.4) is 0 Å². The Balaban J connectivity index is 2.34. The summed E-state index contributed by atoms with van der Waals surface area (Å²) in [5, 5.41) is 0.199. The average molecular weight is 335 g/mol. The molecule has 3 rings (SSSR count). The highest BCUT2D eigenvalue weighted by Gasteiger charge is 2.15. The van der Waals surface area contributed by atoms with Gasteiger partial charge in [-0.2, -0.15) is 0 Å². The predicted octanol–water partition coefficient (Wildman–Crippen LogP) is 0.655. The summed E-state index contributed by atoms with van der Waals surface area (Å²) < 4.78 is 28.7. The van der Waals surface area contributed by atoms with Gasteiger partial charge in [-0.15, -0.1) is 0 Å². The maximum atomic E-state index is 12.5. The van der Waals surface area contributed by atoms with Crippen LogP contribution in [-0.4, -0.2) is 29.2 Å². The molecule has 23 heavy (non-hydrogen) atoms. The van der Waals surface area contributed by atoms with E-state index < -0.39 is 27.0 Å². The quantitative estimate of drug-likeness (QED) is 0.751. The lowest BCUT2D eigenvalue weighted by molar-refractivity contribution is 0.571. The number of fused-ring (bicyclic) bond motifs is 1. The van der Waals surface area contributed by atoms with Crippen molar-refractivity contribution in [1.82, 2.24) is 14.5 Å². The first kappa shape index (κ1) is 15.2. The predicted molar refractivity (Wildman–Crippen MR) is 83.9 cm³/mol. The summed E-state index contributed by atoms with van der Waals surface area (Å²) in [4.78, 5) is 30.8. The third-order valence-corrected chi connectivity index (χ3v) is 4.12. The molecule has 120 valence electrons. The van der Waals surface area contributed by atoms with Gasteiger partial charge in [-0.3, -0.25) is 4.79 Å². The summed E-state index contributed by atoms with van der Waals surface area (Å²) >= 11 is 0. The monoisotopic (exact) mass is 335 g/mol. The molecule has 2 aromatic heterocycles. The molecule has 1 aromatic carbocycles. The lowest BCUT2D eigenvalue weighted by atomic mass is 10.0. The van der Waals surface area contributed by atoms with Gasteiger partial charge in [-0.1, -0.05) is 0 Å². The average Bonchev–Trinajstić information content (AvgIpc) is 2.96. The van der Waals surface area contributed by atoms with E-state index in [9.17, 15) is 18.0 Å². The Morgan fingerprint density at radius 3 is 2.65 bits per heavy atom. The van der Waals surface area contributed by atoms with E-state index in [0.717, 1.165) is 11.8 Å². The second-order valence-corrected chi connectivity index (χ2v) is 7.41. The van der Waals surface area contributed by atoms with Crippen LogP contribution in [0.4, 0.5) is 0 Å². The van der Waals surface area contributed by atoms with Gasteiger partial charge >= 0.3 is 5.69 Å². The molecule has 0 unspecified atom stereocenters. The number of aromatic amines is 1. The normalized spacial score (nSPS) is 11.9. The number of hydrogen-bond donors (Lipinski definition) is 1. The number of hydrogen-bond acceptors (Lipinski definition) is 6. The maximum Gasteiger partial charge on any atom is 0.329 e. The maximum absolute atomic E-state index is 12.5. The van der Waals surface area contributed by atoms with E-state index >= 15 is 0 Å². The van der Waals surface area contributed by atoms with Crippen LogP contribution in [0.2, 0.25) is 0 Å². The van der Waals surface area contributed by atoms with Crippen molar-refractivity contribution in [1.29, 1.82) is 0 Å². The third-order valence-electron chi connectivity index (χ3n) is 3.39. The summed E-state index contributed by atoms with van der Waals surface area (Å²) in [5.41, 5.74) is 0.329. The molecular weight excluding hydrogens is 322 g/mol. The Hall–Kier alpha value is -2.68. The first-order valence-corrected chi connectivity index (χ1v) is 8.66. The van der Waals surface area contributed by atoms with Gasteiger partial charge in [0.2, 0.25) is 0 Å². The van der Waals surface area contributed by atoms with E-state index in [1.165, 1.54) is 12.6 Å². The summed E-state index contributed by atoms with van der Waals surface area (Å²) in [6.07, 6.45) is 3.74. The van der Waals surface area contributed by atoms with Crippen molar-refractivity contribution in [3.8, 4) is 11.3 Å². The van der Waals surface area contributed by atoms with Crippen LogP contribution in [0.25, 0.3) is 22.2 Å². The first-order valence-electron chi connectivity index (χ1n) is 6.60. The van der Waals surface area contributed by atoms with E-state index in [1.807, 2.05) is 0 Å². The van der Waals surface area contributed by atoms with Gasteiger partial charge in [-0.05, 0) is 24.6 Å². The minimum Gasteiger partial charge on any atom is -0.444 e. The summed E-state index contributed by atoms with van der Waals surface area (Å²) in [6.45, 7) is 1.80. The second-order valence-electron chi connectivity index (χ2n) is 5.30. The van der Waals surface area contributed by atoms with Crippen LogP contribution in [0.5, 0.6) is 0 Å². The van der Waals surface area contributed by atoms with E-state index in [0.29, 0.717) is 21.4 Å². The first-order chi connectivity index (χ1) is 10.8. The molecule has 0 spiro atoms. The Morgan fingerprint density at radius 1 is 1.30 bits per heavy atom. The molecule has 0 radical (unpaired) electrons. The van der Waals surface area contributed by atoms with Crippen molar-refractivity contribution in [2.24, 2.45) is 0 Å². The summed E-state index contributed by atoms with van der Waals surface area (Å²) in [6, 6.07) is 3.20. The molecular formula is C14H13N3O5S. The van der Waals surface area contributed by atoms with Crippen molar-refractivity contribution >= 4 is 20.7 Å². The van der Waals surface area contributed by atoms with E-state index in [2.05, 4.69) is 9.97 Å². The third kappa shape index (κ3) is 2.82. The zero-order valence-corrected chi connectivity index (χ0v) is 13.2. The number of nitrogens with one attached hydrogen (secondary N) is 1. The van der Waals surface area contributed by atoms with Crippen molar-refractivity contribution < 1.29 is 12.8 Å². The molecule has 3 aromatic rings. The van der Waals surface area contributed by atoms with Gasteiger partial charge in [0.1, 0.15) is 5.88 Å². The lowest BCUT2D eigenvalue weighted by Gasteiger charge is -2.08. The molecule has 0 aliphatic rings. The van der Waals surface area contributed by atoms with E-state index in [1.54, 1.807) is 19.1 Å². The number of aromatic nitrogens is 3. The van der Waals surface area contributed by atoms with Gasteiger partial charge in [0.05, 0.1) is 17.1 Å². The molecule has 2 heterocycles. The van der Waals surface area contributed by atoms with Crippen LogP contribution in [0.15, 0.2) is 38.7 Å². The van der Waals surface area contributed by atoms with Crippen molar-refractivity contribution in [2.45, 2.75) is 12.8 Å². The van der Waals surface area contributed by atoms with Gasteiger partial charge in [0, 0.05) is 11.8 Å². The zero-order chi connectivity index (χ0) is 16.8. The van der Waals surface area contributed by atoms with Crippen LogP contribution >= 0.6 is 0 Å². The van der Waals surface area contributed by atoms with Crippen molar-refractivity contribution in [2.75, 3.05) is 6.26 Å². The number of oxazole rings is 1. The number of aryl methyl sites for hydroxylation is 1. The SMILES string of the molecule is Cc1cc2[nH]c(=O)n(CS(C)(=O)=O)c(=O)c2cc1-c1cnco1. The summed E-state index contributed by atoms with van der Waals surface area (Å²) in [7, 11) is -3.54. The Labute approximate surface area is 130 Å². The number of nitrogens with zero attached hydrogens (tertiary/aromatic N) is 2. The molecule has 0 atom stereocenters. The molecule has 0 saturated carbocycles. The Morgan fingerprint density at radius 2 is 2.04 bits per heavy atom. The van der Waals surface area contributed by atoms with E-state index in [-0.39, 0.29) is 5.39 Å². The molecule has 0 fully saturated rings. The largest absolute Gasteiger partial charge is 0.444 e. The number of H-pyrrole nitrogens is 1. The highest BCUT2D eigenvalue weighted by atomic mass is 32.2. The van der Waals surface area contributed by atoms with E-state index in [4.69, 9.17) is 4.42 Å². The van der Waals surface area contributed by atoms with Crippen molar-refractivity contribution in [3.63, 3.8) is 0 Å². The highest BCUT2D eigenvalue weighted by Crippen LogP contribution is 2.25. The minimum atomic E-state index is -3.54. The molecule has 0 aliphatic heterocycles. The minimum absolute atomic E-state index is 0.199. The summed E-state index contributed by atoms with van der Waals surface area (Å²) in [5.74, 6) is -0.201. The van der Waals surface area contributed by atoms with Gasteiger partial charge in [0.25, 0.3) is 5.56 Å². The van der Waals surface area contributed by atoms with Gasteiger partial charge < -0.3 is 9.40 Å². The molecule has 0 bridgehead atoms. The Bertz CT molecular complexity index is 1110. The number of sulfone groups is 1. The Kier molecular flexibility index (Phi) is 3.44. The fourth-order valence-corrected chi connectivity index (χ4v) is 3.08. The van der Waals surface area contributed by atoms with Crippen LogP contribution in [0.1, 0.15) is 5.56 Å².